The summed E-state index contributed by atoms with van der Waals surface area (Å²) < 4.78 is 4.66. The van der Waals surface area contributed by atoms with Gasteiger partial charge in [0, 0.05) is 5.69 Å². The van der Waals surface area contributed by atoms with Crippen LogP contribution in [0.4, 0.5) is 5.69 Å². The number of hydrogen-bond acceptors (Lipinski definition) is 4. The zero-order chi connectivity index (χ0) is 15.5. The van der Waals surface area contributed by atoms with E-state index < -0.39 is 12.0 Å². The van der Waals surface area contributed by atoms with Gasteiger partial charge in [0.05, 0.1) is 18.7 Å². The molecule has 0 saturated carbocycles. The molecule has 0 spiro atoms. The fourth-order valence-electron chi connectivity index (χ4n) is 1.61. The number of aryl methyl sites for hydroxylation is 1. The predicted molar refractivity (Wildman–Crippen MR) is 78.6 cm³/mol. The maximum absolute atomic E-state index is 12.1. The molecule has 5 heteroatoms. The van der Waals surface area contributed by atoms with Crippen LogP contribution in [0.2, 0.25) is 0 Å². The number of benzene rings is 1. The van der Waals surface area contributed by atoms with Crippen molar-refractivity contribution in [3.8, 4) is 0 Å². The van der Waals surface area contributed by atoms with Crippen LogP contribution in [0.15, 0.2) is 18.2 Å². The van der Waals surface area contributed by atoms with Gasteiger partial charge in [0.1, 0.15) is 0 Å². The standard InChI is InChI=1S/C15H22N2O3/c1-9-6-7-10(14(19)20-5)8-11(9)17-13(18)12(16)15(2,3)4/h6-8,12H,16H2,1-5H3,(H,17,18)/t12-/m1/s1. The number of nitrogens with one attached hydrogen (secondary N) is 1. The summed E-state index contributed by atoms with van der Waals surface area (Å²) in [5.74, 6) is -0.719. The third-order valence-corrected chi connectivity index (χ3v) is 3.13. The number of hydrogen-bond donors (Lipinski definition) is 2. The molecule has 3 N–H and O–H groups in total. The monoisotopic (exact) mass is 278 g/mol. The van der Waals surface area contributed by atoms with Gasteiger partial charge in [0.15, 0.2) is 0 Å². The Labute approximate surface area is 119 Å². The van der Waals surface area contributed by atoms with Gasteiger partial charge in [0.2, 0.25) is 5.91 Å². The van der Waals surface area contributed by atoms with Gasteiger partial charge in [-0.15, -0.1) is 0 Å². The lowest BCUT2D eigenvalue weighted by Gasteiger charge is -2.26. The summed E-state index contributed by atoms with van der Waals surface area (Å²) in [6, 6.07) is 4.36. The molecular formula is C15H22N2O3. The Balaban J connectivity index is 2.97. The Morgan fingerprint density at radius 2 is 1.90 bits per heavy atom. The average Bonchev–Trinajstić information content (AvgIpc) is 2.38. The quantitative estimate of drug-likeness (QED) is 0.830. The molecule has 0 aliphatic heterocycles. The first-order valence-corrected chi connectivity index (χ1v) is 6.42. The Kier molecular flexibility index (Phi) is 4.89. The first-order valence-electron chi connectivity index (χ1n) is 6.42. The molecule has 1 aromatic carbocycles. The fourth-order valence-corrected chi connectivity index (χ4v) is 1.61. The lowest BCUT2D eigenvalue weighted by molar-refractivity contribution is -0.119. The van der Waals surface area contributed by atoms with Crippen LogP contribution in [0, 0.1) is 12.3 Å². The lowest BCUT2D eigenvalue weighted by atomic mass is 9.87. The molecule has 1 atom stereocenters. The summed E-state index contributed by atoms with van der Waals surface area (Å²) in [7, 11) is 1.32. The summed E-state index contributed by atoms with van der Waals surface area (Å²) >= 11 is 0. The van der Waals surface area contributed by atoms with E-state index in [0.717, 1.165) is 5.56 Å². The second-order valence-corrected chi connectivity index (χ2v) is 5.85. The van der Waals surface area contributed by atoms with Gasteiger partial charge >= 0.3 is 5.97 Å². The summed E-state index contributed by atoms with van der Waals surface area (Å²) in [6.45, 7) is 7.54. The molecule has 1 aromatic rings. The highest BCUT2D eigenvalue weighted by Gasteiger charge is 2.27. The maximum atomic E-state index is 12.1. The Morgan fingerprint density at radius 1 is 1.30 bits per heavy atom. The molecule has 110 valence electrons. The number of methoxy groups -OCH3 is 1. The molecule has 5 nitrogen and oxygen atoms in total. The zero-order valence-corrected chi connectivity index (χ0v) is 12.6. The molecule has 0 fully saturated rings. The van der Waals surface area contributed by atoms with Crippen LogP contribution >= 0.6 is 0 Å². The Bertz CT molecular complexity index is 518. The minimum Gasteiger partial charge on any atom is -0.465 e. The molecule has 0 bridgehead atoms. The number of anilines is 1. The van der Waals surface area contributed by atoms with Crippen molar-refractivity contribution in [3.05, 3.63) is 29.3 Å². The van der Waals surface area contributed by atoms with E-state index in [9.17, 15) is 9.59 Å². The number of carbonyl (C=O) groups is 2. The molecule has 0 heterocycles. The number of esters is 1. The number of rotatable bonds is 3. The molecule has 0 aliphatic carbocycles. The van der Waals surface area contributed by atoms with Crippen LogP contribution in [0.5, 0.6) is 0 Å². The van der Waals surface area contributed by atoms with Crippen molar-refractivity contribution in [2.45, 2.75) is 33.7 Å². The molecule has 0 radical (unpaired) electrons. The Hall–Kier alpha value is -1.88. The highest BCUT2D eigenvalue weighted by Crippen LogP contribution is 2.21. The van der Waals surface area contributed by atoms with Crippen LogP contribution in [0.25, 0.3) is 0 Å². The first-order chi connectivity index (χ1) is 9.16. The van der Waals surface area contributed by atoms with Gasteiger partial charge in [-0.1, -0.05) is 26.8 Å². The van der Waals surface area contributed by atoms with Crippen molar-refractivity contribution in [1.82, 2.24) is 0 Å². The van der Waals surface area contributed by atoms with E-state index >= 15 is 0 Å². The van der Waals surface area contributed by atoms with E-state index in [0.29, 0.717) is 11.3 Å². The first kappa shape index (κ1) is 16.2. The van der Waals surface area contributed by atoms with Gasteiger partial charge in [0.25, 0.3) is 0 Å². The number of carbonyl (C=O) groups excluding carboxylic acids is 2. The molecule has 0 aliphatic rings. The van der Waals surface area contributed by atoms with Crippen molar-refractivity contribution in [1.29, 1.82) is 0 Å². The molecule has 0 unspecified atom stereocenters. The van der Waals surface area contributed by atoms with E-state index in [1.54, 1.807) is 18.2 Å². The van der Waals surface area contributed by atoms with E-state index in [4.69, 9.17) is 5.73 Å². The van der Waals surface area contributed by atoms with Crippen LogP contribution in [0.3, 0.4) is 0 Å². The summed E-state index contributed by atoms with van der Waals surface area (Å²) in [5.41, 5.74) is 7.38. The van der Waals surface area contributed by atoms with Crippen molar-refractivity contribution in [2.24, 2.45) is 11.1 Å². The minimum atomic E-state index is -0.635. The molecule has 1 amide bonds. The van der Waals surface area contributed by atoms with Crippen molar-refractivity contribution >= 4 is 17.6 Å². The predicted octanol–water partition coefficient (Wildman–Crippen LogP) is 2.09. The molecular weight excluding hydrogens is 256 g/mol. The van der Waals surface area contributed by atoms with Crippen LogP contribution in [0.1, 0.15) is 36.7 Å². The van der Waals surface area contributed by atoms with E-state index in [1.807, 2.05) is 27.7 Å². The molecule has 0 aromatic heterocycles. The van der Waals surface area contributed by atoms with Crippen LogP contribution in [-0.2, 0) is 9.53 Å². The average molecular weight is 278 g/mol. The highest BCUT2D eigenvalue weighted by atomic mass is 16.5. The molecule has 0 saturated heterocycles. The lowest BCUT2D eigenvalue weighted by Crippen LogP contribution is -2.45. The highest BCUT2D eigenvalue weighted by molar-refractivity contribution is 5.97. The van der Waals surface area contributed by atoms with Crippen LogP contribution in [-0.4, -0.2) is 25.0 Å². The molecule has 20 heavy (non-hydrogen) atoms. The smallest absolute Gasteiger partial charge is 0.337 e. The van der Waals surface area contributed by atoms with Gasteiger partial charge in [-0.2, -0.15) is 0 Å². The van der Waals surface area contributed by atoms with E-state index in [-0.39, 0.29) is 11.3 Å². The third kappa shape index (κ3) is 3.81. The van der Waals surface area contributed by atoms with Gasteiger partial charge < -0.3 is 15.8 Å². The summed E-state index contributed by atoms with van der Waals surface area (Å²) in [6.07, 6.45) is 0. The van der Waals surface area contributed by atoms with Gasteiger partial charge in [-0.25, -0.2) is 4.79 Å². The van der Waals surface area contributed by atoms with Gasteiger partial charge in [-0.3, -0.25) is 4.79 Å². The molecule has 1 rings (SSSR count). The van der Waals surface area contributed by atoms with Crippen molar-refractivity contribution in [2.75, 3.05) is 12.4 Å². The minimum absolute atomic E-state index is 0.275. The second-order valence-electron chi connectivity index (χ2n) is 5.85. The van der Waals surface area contributed by atoms with E-state index in [2.05, 4.69) is 10.1 Å². The third-order valence-electron chi connectivity index (χ3n) is 3.13. The maximum Gasteiger partial charge on any atom is 0.337 e. The largest absolute Gasteiger partial charge is 0.465 e. The SMILES string of the molecule is COC(=O)c1ccc(C)c(NC(=O)[C@@H](N)C(C)(C)C)c1. The van der Waals surface area contributed by atoms with Crippen LogP contribution < -0.4 is 11.1 Å². The number of amides is 1. The second kappa shape index (κ2) is 6.05. The fraction of sp³-hybridized carbons (Fsp3) is 0.467. The zero-order valence-electron chi connectivity index (χ0n) is 12.6. The topological polar surface area (TPSA) is 81.4 Å². The van der Waals surface area contributed by atoms with Crippen molar-refractivity contribution in [3.63, 3.8) is 0 Å². The Morgan fingerprint density at radius 3 is 2.40 bits per heavy atom. The summed E-state index contributed by atoms with van der Waals surface area (Å²) in [4.78, 5) is 23.6. The number of nitrogens with two attached hydrogens (primary N) is 1. The van der Waals surface area contributed by atoms with E-state index in [1.165, 1.54) is 7.11 Å². The number of ether oxygens (including phenoxy) is 1. The van der Waals surface area contributed by atoms with Gasteiger partial charge in [-0.05, 0) is 30.0 Å². The normalized spacial score (nSPS) is 12.7. The van der Waals surface area contributed by atoms with Crippen molar-refractivity contribution < 1.29 is 14.3 Å². The summed E-state index contributed by atoms with van der Waals surface area (Å²) in [5, 5.41) is 2.76.